The van der Waals surface area contributed by atoms with Gasteiger partial charge in [-0.2, -0.15) is 0 Å². The van der Waals surface area contributed by atoms with Crippen LogP contribution < -0.4 is 18.9 Å². The zero-order valence-electron chi connectivity index (χ0n) is 36.9. The van der Waals surface area contributed by atoms with E-state index in [0.29, 0.717) is 66.7 Å². The molecule has 66 heavy (non-hydrogen) atoms. The number of nitro benzene ring substituents is 1. The number of aliphatic hydroxyl groups is 2. The second-order valence-corrected chi connectivity index (χ2v) is 17.5. The zero-order valence-corrected chi connectivity index (χ0v) is 37.7. The smallest absolute Gasteiger partial charge is 0.410 e. The van der Waals surface area contributed by atoms with E-state index in [1.165, 1.54) is 12.1 Å². The number of fused-ring (bicyclic) bond motifs is 3. The topological polar surface area (TPSA) is 190 Å². The largest absolute Gasteiger partial charge is 0.459 e. The van der Waals surface area contributed by atoms with Crippen molar-refractivity contribution in [3.05, 3.63) is 106 Å². The van der Waals surface area contributed by atoms with Gasteiger partial charge in [-0.1, -0.05) is 42.3 Å². The lowest BCUT2D eigenvalue weighted by molar-refractivity contribution is -0.384. The van der Waals surface area contributed by atoms with Crippen LogP contribution in [0.1, 0.15) is 81.3 Å². The summed E-state index contributed by atoms with van der Waals surface area (Å²) in [5, 5.41) is 36.6. The molecule has 3 aromatic rings. The van der Waals surface area contributed by atoms with Crippen LogP contribution in [0, 0.1) is 27.9 Å². The van der Waals surface area contributed by atoms with Crippen molar-refractivity contribution in [3.8, 4) is 28.7 Å². The summed E-state index contributed by atoms with van der Waals surface area (Å²) in [6, 6.07) is 16.1. The highest BCUT2D eigenvalue weighted by Gasteiger charge is 2.66. The van der Waals surface area contributed by atoms with Crippen LogP contribution in [0.3, 0.4) is 0 Å². The molecule has 2 aliphatic carbocycles. The highest BCUT2D eigenvalue weighted by molar-refractivity contribution is 6.18. The lowest BCUT2D eigenvalue weighted by Gasteiger charge is -2.59. The van der Waals surface area contributed by atoms with Gasteiger partial charge in [-0.25, -0.2) is 4.79 Å². The van der Waals surface area contributed by atoms with Crippen LogP contribution in [0.4, 0.5) is 10.5 Å². The molecule has 0 radical (unpaired) electrons. The molecule has 1 saturated heterocycles. The van der Waals surface area contributed by atoms with Gasteiger partial charge in [0.2, 0.25) is 18.9 Å². The highest BCUT2D eigenvalue weighted by atomic mass is 35.5. The highest BCUT2D eigenvalue weighted by Crippen LogP contribution is 2.62. The van der Waals surface area contributed by atoms with E-state index in [9.17, 15) is 25.1 Å². The summed E-state index contributed by atoms with van der Waals surface area (Å²) < 4.78 is 44.0. The van der Waals surface area contributed by atoms with E-state index in [1.807, 2.05) is 30.3 Å². The second-order valence-electron chi connectivity index (χ2n) is 17.1. The molecule has 3 heterocycles. The van der Waals surface area contributed by atoms with Gasteiger partial charge in [0.25, 0.3) is 5.69 Å². The van der Waals surface area contributed by atoms with Gasteiger partial charge >= 0.3 is 6.09 Å². The number of amides is 1. The van der Waals surface area contributed by atoms with Gasteiger partial charge in [0.1, 0.15) is 29.9 Å². The van der Waals surface area contributed by atoms with Gasteiger partial charge in [0.05, 0.1) is 41.7 Å². The summed E-state index contributed by atoms with van der Waals surface area (Å²) in [5.41, 5.74) is 2.88. The molecule has 16 nitrogen and oxygen atoms in total. The molecule has 8 rings (SSSR count). The van der Waals surface area contributed by atoms with E-state index in [2.05, 4.69) is 12.7 Å². The van der Waals surface area contributed by atoms with Crippen molar-refractivity contribution in [1.29, 1.82) is 0 Å². The number of aliphatic hydroxyl groups excluding tert-OH is 2. The number of ether oxygens (including phenoxy) is 7. The van der Waals surface area contributed by atoms with Crippen LogP contribution in [-0.2, 0) is 25.6 Å². The number of non-ortho nitro benzene ring substituents is 1. The Labute approximate surface area is 389 Å². The third-order valence-electron chi connectivity index (χ3n) is 13.0. The quantitative estimate of drug-likeness (QED) is 0.0338. The summed E-state index contributed by atoms with van der Waals surface area (Å²) >= 11 is 6.13. The molecular weight excluding hydrogens is 874 g/mol. The summed E-state index contributed by atoms with van der Waals surface area (Å²) in [6.45, 7) is 4.79. The molecule has 0 aromatic heterocycles. The van der Waals surface area contributed by atoms with Gasteiger partial charge < -0.3 is 48.2 Å². The first kappa shape index (κ1) is 47.1. The summed E-state index contributed by atoms with van der Waals surface area (Å²) in [6.07, 6.45) is 9.50. The fourth-order valence-corrected chi connectivity index (χ4v) is 10.2. The predicted octanol–water partition coefficient (Wildman–Crippen LogP) is 9.15. The van der Waals surface area contributed by atoms with E-state index in [0.717, 1.165) is 48.8 Å². The number of alkyl halides is 1. The third-order valence-corrected chi connectivity index (χ3v) is 13.2. The van der Waals surface area contributed by atoms with Crippen LogP contribution >= 0.6 is 11.6 Å². The van der Waals surface area contributed by atoms with Crippen molar-refractivity contribution in [3.63, 3.8) is 0 Å². The van der Waals surface area contributed by atoms with Gasteiger partial charge in [0, 0.05) is 50.1 Å². The molecule has 354 valence electrons. The Morgan fingerprint density at radius 1 is 1.00 bits per heavy atom. The normalized spacial score (nSPS) is 25.4. The molecule has 3 aliphatic heterocycles. The molecule has 1 amide bonds. The molecule has 7 unspecified atom stereocenters. The van der Waals surface area contributed by atoms with E-state index in [4.69, 9.17) is 54.8 Å². The number of allylic oxidation sites excluding steroid dienone is 1. The lowest BCUT2D eigenvalue weighted by Crippen LogP contribution is -2.70. The maximum absolute atomic E-state index is 14.7. The van der Waals surface area contributed by atoms with E-state index < -0.39 is 35.1 Å². The van der Waals surface area contributed by atoms with Crippen LogP contribution in [-0.4, -0.2) is 95.7 Å². The Morgan fingerprint density at radius 2 is 1.80 bits per heavy atom. The molecule has 0 bridgehead atoms. The number of rotatable bonds is 21. The minimum absolute atomic E-state index is 0.0259. The maximum Gasteiger partial charge on any atom is 0.410 e. The van der Waals surface area contributed by atoms with Crippen LogP contribution in [0.15, 0.2) is 90.1 Å². The van der Waals surface area contributed by atoms with E-state index in [-0.39, 0.29) is 75.5 Å². The minimum atomic E-state index is -1.58. The number of carbonyl (C=O) groups excluding carboxylic acids is 1. The average Bonchev–Trinajstić information content (AvgIpc) is 3.81. The average molecular weight is 932 g/mol. The van der Waals surface area contributed by atoms with Crippen LogP contribution in [0.5, 0.6) is 28.7 Å². The number of unbranched alkanes of at least 4 members (excludes halogenated alkanes) is 2. The molecule has 7 atom stereocenters. The first-order chi connectivity index (χ1) is 32.3. The molecule has 17 heteroatoms. The van der Waals surface area contributed by atoms with Gasteiger partial charge in [-0.15, -0.1) is 18.2 Å². The first-order valence-electron chi connectivity index (χ1n) is 22.9. The summed E-state index contributed by atoms with van der Waals surface area (Å²) in [7, 11) is 0. The SMILES string of the molecule is C=CCOC12Oc3ccc(Oc4cccc([N+](=O)[O-])c4)cc3C3C(CCCCO)C(CCCCO)C=C(C(=NOC4CCCCO4)CC1N(Cc1ccc4c(c1)OCO4)C(=O)OCCCl)C32. The van der Waals surface area contributed by atoms with E-state index >= 15 is 0 Å². The third kappa shape index (κ3) is 10.3. The zero-order chi connectivity index (χ0) is 46.0. The number of halogens is 1. The van der Waals surface area contributed by atoms with Crippen molar-refractivity contribution in [2.45, 2.75) is 94.8 Å². The van der Waals surface area contributed by atoms with Crippen molar-refractivity contribution in [2.24, 2.45) is 22.9 Å². The molecule has 2 N–H and O–H groups in total. The fourth-order valence-electron chi connectivity index (χ4n) is 10.2. The monoisotopic (exact) mass is 931 g/mol. The predicted molar refractivity (Wildman–Crippen MR) is 243 cm³/mol. The summed E-state index contributed by atoms with van der Waals surface area (Å²) in [4.78, 5) is 33.8. The Hall–Kier alpha value is -5.39. The van der Waals surface area contributed by atoms with Gasteiger partial charge in [-0.3, -0.25) is 15.0 Å². The van der Waals surface area contributed by atoms with Crippen molar-refractivity contribution >= 4 is 29.1 Å². The van der Waals surface area contributed by atoms with Crippen molar-refractivity contribution < 1.29 is 57.9 Å². The van der Waals surface area contributed by atoms with Gasteiger partial charge in [0.15, 0.2) is 11.5 Å². The van der Waals surface area contributed by atoms with E-state index in [1.54, 1.807) is 29.2 Å². The number of carbonyl (C=O) groups is 1. The number of hydrogen-bond donors (Lipinski definition) is 2. The molecule has 3 aromatic carbocycles. The molecule has 1 saturated carbocycles. The van der Waals surface area contributed by atoms with Crippen LogP contribution in [0.2, 0.25) is 0 Å². The number of oxime groups is 1. The molecule has 5 aliphatic rings. The van der Waals surface area contributed by atoms with Crippen LogP contribution in [0.25, 0.3) is 0 Å². The number of nitrogens with zero attached hydrogens (tertiary/aromatic N) is 3. The number of hydrogen-bond acceptors (Lipinski definition) is 14. The molecular formula is C49H58ClN3O13. The Balaban J connectivity index is 1.33. The first-order valence-corrected chi connectivity index (χ1v) is 23.5. The standard InChI is InChI=1S/C49H58ClN3O13/c1-2-22-63-49-44(52(48(56)60-24-19-50)30-32-15-17-42-43(25-32)62-31-61-42)29-40(51-66-45-14-5-8-23-59-45)38-26-33(10-3-6-20-54)37(13-4-7-21-55)46(47(38)49)39-28-36(16-18-41(39)65-49)64-35-12-9-11-34(27-35)53(57)58/h2,9,11-12,15-18,25-28,33,37,44-47,54-55H,1,3-8,10,13-14,19-24,29-31H2. The Bertz CT molecular complexity index is 2250. The number of nitro groups is 1. The number of benzene rings is 3. The summed E-state index contributed by atoms with van der Waals surface area (Å²) in [5.74, 6) is -0.220. The maximum atomic E-state index is 14.7. The molecule has 2 fully saturated rings. The second kappa shape index (κ2) is 21.9. The lowest BCUT2D eigenvalue weighted by atomic mass is 9.55. The van der Waals surface area contributed by atoms with Crippen molar-refractivity contribution in [2.75, 3.05) is 45.7 Å². The molecule has 0 spiro atoms. The Morgan fingerprint density at radius 3 is 2.58 bits per heavy atom. The van der Waals surface area contributed by atoms with Gasteiger partial charge in [-0.05, 0) is 97.9 Å². The fraction of sp³-hybridized carbons (Fsp3) is 0.510. The van der Waals surface area contributed by atoms with Crippen molar-refractivity contribution in [1.82, 2.24) is 4.90 Å². The Kier molecular flexibility index (Phi) is 15.7. The minimum Gasteiger partial charge on any atom is -0.459 e.